The summed E-state index contributed by atoms with van der Waals surface area (Å²) in [6.45, 7) is 1.78. The number of nitrogens with one attached hydrogen (secondary N) is 1. The number of rotatable bonds is 4. The van der Waals surface area contributed by atoms with E-state index in [0.29, 0.717) is 18.3 Å². The van der Waals surface area contributed by atoms with Crippen molar-refractivity contribution in [2.45, 2.75) is 44.6 Å². The summed E-state index contributed by atoms with van der Waals surface area (Å²) < 4.78 is 0. The summed E-state index contributed by atoms with van der Waals surface area (Å²) in [6, 6.07) is 11.0. The number of carbonyl (C=O) groups is 1. The smallest absolute Gasteiger partial charge is 0.270 e. The number of nitrogens with zero attached hydrogens (tertiary/aromatic N) is 3. The van der Waals surface area contributed by atoms with Crippen molar-refractivity contribution in [2.75, 3.05) is 18.0 Å². The van der Waals surface area contributed by atoms with E-state index in [9.17, 15) is 4.79 Å². The van der Waals surface area contributed by atoms with Gasteiger partial charge in [0.05, 0.1) is 0 Å². The van der Waals surface area contributed by atoms with Crippen LogP contribution in [0.25, 0.3) is 0 Å². The fourth-order valence-electron chi connectivity index (χ4n) is 4.75. The van der Waals surface area contributed by atoms with Crippen molar-refractivity contribution in [1.82, 2.24) is 15.3 Å². The fraction of sp³-hybridized carbons (Fsp3) is 0.476. The fourth-order valence-corrected chi connectivity index (χ4v) is 4.75. The van der Waals surface area contributed by atoms with Gasteiger partial charge in [0.1, 0.15) is 17.3 Å². The van der Waals surface area contributed by atoms with Gasteiger partial charge >= 0.3 is 0 Å². The Morgan fingerprint density at radius 3 is 2.77 bits per heavy atom. The minimum absolute atomic E-state index is 0.0415. The zero-order chi connectivity index (χ0) is 17.5. The molecule has 1 aliphatic carbocycles. The van der Waals surface area contributed by atoms with Gasteiger partial charge in [-0.25, -0.2) is 9.97 Å². The molecule has 1 saturated carbocycles. The van der Waals surface area contributed by atoms with Crippen LogP contribution in [0.1, 0.15) is 46.7 Å². The normalized spacial score (nSPS) is 23.8. The highest BCUT2D eigenvalue weighted by Gasteiger charge is 2.40. The van der Waals surface area contributed by atoms with Gasteiger partial charge in [-0.15, -0.1) is 0 Å². The molecule has 1 aromatic carbocycles. The summed E-state index contributed by atoms with van der Waals surface area (Å²) in [5.74, 6) is 2.60. The van der Waals surface area contributed by atoms with E-state index in [1.165, 1.54) is 24.8 Å². The average Bonchev–Trinajstić information content (AvgIpc) is 3.31. The van der Waals surface area contributed by atoms with E-state index in [1.807, 2.05) is 6.07 Å². The number of amides is 1. The van der Waals surface area contributed by atoms with Crippen molar-refractivity contribution in [2.24, 2.45) is 5.92 Å². The van der Waals surface area contributed by atoms with E-state index in [0.717, 1.165) is 48.9 Å². The molecule has 3 aliphatic rings. The molecule has 3 heterocycles. The Kier molecular flexibility index (Phi) is 3.88. The van der Waals surface area contributed by atoms with Crippen molar-refractivity contribution in [3.05, 3.63) is 53.0 Å². The molecule has 5 nitrogen and oxygen atoms in total. The highest BCUT2D eigenvalue weighted by Crippen LogP contribution is 2.41. The van der Waals surface area contributed by atoms with Crippen molar-refractivity contribution in [1.29, 1.82) is 0 Å². The van der Waals surface area contributed by atoms with Gasteiger partial charge in [0.25, 0.3) is 5.91 Å². The van der Waals surface area contributed by atoms with Crippen LogP contribution >= 0.6 is 0 Å². The maximum absolute atomic E-state index is 12.4. The molecule has 26 heavy (non-hydrogen) atoms. The van der Waals surface area contributed by atoms with Crippen LogP contribution in [0, 0.1) is 5.92 Å². The number of aromatic nitrogens is 2. The highest BCUT2D eigenvalue weighted by molar-refractivity contribution is 5.96. The summed E-state index contributed by atoms with van der Waals surface area (Å²) >= 11 is 0. The number of carbonyl (C=O) groups excluding carboxylic acids is 1. The maximum Gasteiger partial charge on any atom is 0.270 e. The van der Waals surface area contributed by atoms with Gasteiger partial charge in [-0.3, -0.25) is 4.79 Å². The predicted molar refractivity (Wildman–Crippen MR) is 100 cm³/mol. The van der Waals surface area contributed by atoms with Crippen LogP contribution < -0.4 is 10.2 Å². The summed E-state index contributed by atoms with van der Waals surface area (Å²) in [7, 11) is 0. The number of hydrogen-bond acceptors (Lipinski definition) is 4. The molecule has 134 valence electrons. The Morgan fingerprint density at radius 2 is 2.00 bits per heavy atom. The Hall–Kier alpha value is -2.43. The third-order valence-electron chi connectivity index (χ3n) is 6.07. The van der Waals surface area contributed by atoms with E-state index < -0.39 is 0 Å². The van der Waals surface area contributed by atoms with E-state index in [4.69, 9.17) is 4.98 Å². The number of aryl methyl sites for hydroxylation is 2. The van der Waals surface area contributed by atoms with E-state index in [1.54, 1.807) is 0 Å². The SMILES string of the molecule is O=C1NCCc2c1nc(CCc1ccccc1)nc2N1C[C@H]2CC[C@H]1C2. The molecule has 1 aromatic heterocycles. The third kappa shape index (κ3) is 2.75. The van der Waals surface area contributed by atoms with Crippen LogP contribution in [0.5, 0.6) is 0 Å². The molecule has 1 saturated heterocycles. The predicted octanol–water partition coefficient (Wildman–Crippen LogP) is 2.54. The van der Waals surface area contributed by atoms with Crippen LogP contribution in [0.15, 0.2) is 30.3 Å². The minimum Gasteiger partial charge on any atom is -0.353 e. The van der Waals surface area contributed by atoms with E-state index in [2.05, 4.69) is 39.5 Å². The lowest BCUT2D eigenvalue weighted by atomic mass is 10.0. The first kappa shape index (κ1) is 15.8. The second-order valence-corrected chi connectivity index (χ2v) is 7.77. The number of piperidine rings is 1. The zero-order valence-electron chi connectivity index (χ0n) is 14.9. The third-order valence-corrected chi connectivity index (χ3v) is 6.07. The molecule has 0 radical (unpaired) electrons. The minimum atomic E-state index is -0.0415. The standard InChI is InChI=1S/C21H24N4O/c26-21-19-17(10-11-22-21)20(25-13-15-6-8-16(25)12-15)24-18(23-19)9-7-14-4-2-1-3-5-14/h1-5,15-16H,6-13H2,(H,22,26)/t15-,16-/m0/s1. The van der Waals surface area contributed by atoms with Crippen LogP contribution in [-0.4, -0.2) is 35.0 Å². The van der Waals surface area contributed by atoms with Crippen molar-refractivity contribution in [3.8, 4) is 0 Å². The Bertz CT molecular complexity index is 835. The largest absolute Gasteiger partial charge is 0.353 e. The van der Waals surface area contributed by atoms with Crippen LogP contribution in [-0.2, 0) is 19.3 Å². The molecule has 5 heteroatoms. The van der Waals surface area contributed by atoms with Crippen LogP contribution in [0.3, 0.4) is 0 Å². The molecule has 2 fully saturated rings. The lowest BCUT2D eigenvalue weighted by Crippen LogP contribution is -2.38. The molecule has 5 rings (SSSR count). The van der Waals surface area contributed by atoms with Gasteiger partial charge in [-0.1, -0.05) is 30.3 Å². The number of hydrogen-bond donors (Lipinski definition) is 1. The zero-order valence-corrected chi connectivity index (χ0v) is 14.9. The molecule has 1 amide bonds. The summed E-state index contributed by atoms with van der Waals surface area (Å²) in [4.78, 5) is 24.5. The van der Waals surface area contributed by atoms with Gasteiger partial charge in [0, 0.05) is 31.1 Å². The van der Waals surface area contributed by atoms with Gasteiger partial charge in [-0.05, 0) is 43.6 Å². The Morgan fingerprint density at radius 1 is 1.12 bits per heavy atom. The van der Waals surface area contributed by atoms with Crippen LogP contribution in [0.2, 0.25) is 0 Å². The highest BCUT2D eigenvalue weighted by atomic mass is 16.1. The first-order valence-corrected chi connectivity index (χ1v) is 9.76. The molecule has 2 aliphatic heterocycles. The molecule has 1 N–H and O–H groups in total. The van der Waals surface area contributed by atoms with Crippen molar-refractivity contribution < 1.29 is 4.79 Å². The topological polar surface area (TPSA) is 58.1 Å². The van der Waals surface area contributed by atoms with Gasteiger partial charge in [0.2, 0.25) is 0 Å². The molecule has 2 atom stereocenters. The maximum atomic E-state index is 12.4. The summed E-state index contributed by atoms with van der Waals surface area (Å²) in [5, 5.41) is 2.94. The Balaban J connectivity index is 1.48. The van der Waals surface area contributed by atoms with Crippen molar-refractivity contribution in [3.63, 3.8) is 0 Å². The first-order chi connectivity index (χ1) is 12.8. The molecule has 2 aromatic rings. The van der Waals surface area contributed by atoms with Gasteiger partial charge in [0.15, 0.2) is 0 Å². The molecular formula is C21H24N4O. The lowest BCUT2D eigenvalue weighted by molar-refractivity contribution is 0.0940. The molecule has 2 bridgehead atoms. The molecule has 0 unspecified atom stereocenters. The summed E-state index contributed by atoms with van der Waals surface area (Å²) in [5.41, 5.74) is 2.94. The monoisotopic (exact) mass is 348 g/mol. The number of fused-ring (bicyclic) bond motifs is 3. The van der Waals surface area contributed by atoms with E-state index >= 15 is 0 Å². The quantitative estimate of drug-likeness (QED) is 0.922. The Labute approximate surface area is 153 Å². The lowest BCUT2D eigenvalue weighted by Gasteiger charge is -2.31. The summed E-state index contributed by atoms with van der Waals surface area (Å²) in [6.07, 6.45) is 6.38. The van der Waals surface area contributed by atoms with E-state index in [-0.39, 0.29) is 5.91 Å². The number of benzene rings is 1. The van der Waals surface area contributed by atoms with Gasteiger partial charge < -0.3 is 10.2 Å². The first-order valence-electron chi connectivity index (χ1n) is 9.76. The molecule has 0 spiro atoms. The number of anilines is 1. The second-order valence-electron chi connectivity index (χ2n) is 7.77. The average molecular weight is 348 g/mol. The second kappa shape index (κ2) is 6.38. The van der Waals surface area contributed by atoms with Crippen molar-refractivity contribution >= 4 is 11.7 Å². The van der Waals surface area contributed by atoms with Gasteiger partial charge in [-0.2, -0.15) is 0 Å². The molecular weight excluding hydrogens is 324 g/mol. The van der Waals surface area contributed by atoms with Crippen LogP contribution in [0.4, 0.5) is 5.82 Å².